The van der Waals surface area contributed by atoms with E-state index in [0.29, 0.717) is 12.6 Å². The van der Waals surface area contributed by atoms with Crippen LogP contribution in [0.2, 0.25) is 0 Å². The van der Waals surface area contributed by atoms with E-state index in [1.165, 1.54) is 38.5 Å². The molecule has 2 N–H and O–H groups in total. The zero-order valence-electron chi connectivity index (χ0n) is 12.9. The fraction of sp³-hybridized carbons (Fsp3) is 1.00. The van der Waals surface area contributed by atoms with Crippen LogP contribution in [0.25, 0.3) is 0 Å². The highest BCUT2D eigenvalue weighted by Gasteiger charge is 2.42. The lowest BCUT2D eigenvalue weighted by Crippen LogP contribution is -2.43. The van der Waals surface area contributed by atoms with Crippen molar-refractivity contribution in [2.45, 2.75) is 95.5 Å². The normalized spacial score (nSPS) is 29.8. The quantitative estimate of drug-likeness (QED) is 0.806. The van der Waals surface area contributed by atoms with Crippen molar-refractivity contribution in [2.24, 2.45) is 0 Å². The lowest BCUT2D eigenvalue weighted by atomic mass is 9.83. The van der Waals surface area contributed by atoms with Crippen molar-refractivity contribution >= 4 is 0 Å². The Labute approximate surface area is 118 Å². The van der Waals surface area contributed by atoms with Crippen molar-refractivity contribution in [3.63, 3.8) is 0 Å². The summed E-state index contributed by atoms with van der Waals surface area (Å²) in [6.45, 7) is 6.80. The minimum atomic E-state index is -0.658. The second kappa shape index (κ2) is 6.11. The van der Waals surface area contributed by atoms with E-state index in [9.17, 15) is 5.11 Å². The zero-order chi connectivity index (χ0) is 13.9. The SMILES string of the molecule is CC(C)NCC(C)(O)CC1CCC2(CCCCC2)O1. The number of hydrogen-bond donors (Lipinski definition) is 2. The molecule has 1 spiro atoms. The number of ether oxygens (including phenoxy) is 1. The third-order valence-corrected chi connectivity index (χ3v) is 4.66. The smallest absolute Gasteiger partial charge is 0.0768 e. The molecule has 0 bridgehead atoms. The summed E-state index contributed by atoms with van der Waals surface area (Å²) in [6.07, 6.45) is 9.80. The Morgan fingerprint density at radius 3 is 2.58 bits per heavy atom. The van der Waals surface area contributed by atoms with E-state index in [0.717, 1.165) is 12.8 Å². The Bertz CT molecular complexity index is 282. The largest absolute Gasteiger partial charge is 0.389 e. The third kappa shape index (κ3) is 4.44. The van der Waals surface area contributed by atoms with Crippen molar-refractivity contribution in [2.75, 3.05) is 6.54 Å². The van der Waals surface area contributed by atoms with Gasteiger partial charge in [-0.05, 0) is 32.6 Å². The first kappa shape index (κ1) is 15.3. The Hall–Kier alpha value is -0.120. The third-order valence-electron chi connectivity index (χ3n) is 4.66. The van der Waals surface area contributed by atoms with E-state index in [1.807, 2.05) is 6.92 Å². The standard InChI is InChI=1S/C16H31NO2/c1-13(2)17-12-15(3,18)11-14-7-10-16(19-14)8-5-4-6-9-16/h13-14,17-18H,4-12H2,1-3H3. The molecule has 1 saturated carbocycles. The van der Waals surface area contributed by atoms with Crippen molar-refractivity contribution < 1.29 is 9.84 Å². The molecular weight excluding hydrogens is 238 g/mol. The van der Waals surface area contributed by atoms with Crippen molar-refractivity contribution in [1.82, 2.24) is 5.32 Å². The first-order chi connectivity index (χ1) is 8.91. The fourth-order valence-electron chi connectivity index (χ4n) is 3.59. The number of hydrogen-bond acceptors (Lipinski definition) is 3. The summed E-state index contributed by atoms with van der Waals surface area (Å²) in [7, 11) is 0. The summed E-state index contributed by atoms with van der Waals surface area (Å²) in [5.74, 6) is 0. The van der Waals surface area contributed by atoms with E-state index in [-0.39, 0.29) is 11.7 Å². The van der Waals surface area contributed by atoms with Crippen LogP contribution in [0.5, 0.6) is 0 Å². The highest BCUT2D eigenvalue weighted by atomic mass is 16.5. The highest BCUT2D eigenvalue weighted by Crippen LogP contribution is 2.43. The Morgan fingerprint density at radius 2 is 1.95 bits per heavy atom. The lowest BCUT2D eigenvalue weighted by molar-refractivity contribution is -0.0891. The minimum absolute atomic E-state index is 0.171. The molecule has 1 aliphatic carbocycles. The number of rotatable bonds is 5. The maximum atomic E-state index is 10.5. The van der Waals surface area contributed by atoms with Gasteiger partial charge >= 0.3 is 0 Å². The van der Waals surface area contributed by atoms with Gasteiger partial charge in [-0.15, -0.1) is 0 Å². The zero-order valence-corrected chi connectivity index (χ0v) is 12.9. The van der Waals surface area contributed by atoms with Crippen molar-refractivity contribution in [3.05, 3.63) is 0 Å². The Balaban J connectivity index is 1.80. The van der Waals surface area contributed by atoms with Gasteiger partial charge in [0.05, 0.1) is 17.3 Å². The minimum Gasteiger partial charge on any atom is -0.389 e. The Morgan fingerprint density at radius 1 is 1.26 bits per heavy atom. The second-order valence-electron chi connectivity index (χ2n) is 7.26. The topological polar surface area (TPSA) is 41.5 Å². The molecule has 0 aromatic rings. The van der Waals surface area contributed by atoms with Crippen LogP contribution in [0.15, 0.2) is 0 Å². The highest BCUT2D eigenvalue weighted by molar-refractivity contribution is 4.93. The maximum absolute atomic E-state index is 10.5. The van der Waals surface area contributed by atoms with E-state index in [1.54, 1.807) is 0 Å². The molecule has 19 heavy (non-hydrogen) atoms. The molecule has 0 aromatic heterocycles. The van der Waals surface area contributed by atoms with Gasteiger partial charge in [-0.1, -0.05) is 33.1 Å². The summed E-state index contributed by atoms with van der Waals surface area (Å²) >= 11 is 0. The molecule has 2 aliphatic rings. The number of aliphatic hydroxyl groups is 1. The van der Waals surface area contributed by atoms with E-state index < -0.39 is 5.60 Å². The molecule has 1 heterocycles. The Kier molecular flexibility index (Phi) is 4.91. The van der Waals surface area contributed by atoms with Gasteiger partial charge < -0.3 is 15.2 Å². The molecule has 2 unspecified atom stereocenters. The average Bonchev–Trinajstić information content (AvgIpc) is 2.70. The van der Waals surface area contributed by atoms with E-state index in [4.69, 9.17) is 4.74 Å². The molecule has 0 radical (unpaired) electrons. The van der Waals surface area contributed by atoms with Crippen LogP contribution in [0.3, 0.4) is 0 Å². The number of nitrogens with one attached hydrogen (secondary N) is 1. The molecule has 3 nitrogen and oxygen atoms in total. The molecular formula is C16H31NO2. The van der Waals surface area contributed by atoms with Crippen LogP contribution < -0.4 is 5.32 Å². The van der Waals surface area contributed by atoms with Gasteiger partial charge in [0.2, 0.25) is 0 Å². The second-order valence-corrected chi connectivity index (χ2v) is 7.26. The van der Waals surface area contributed by atoms with Gasteiger partial charge in [0.25, 0.3) is 0 Å². The lowest BCUT2D eigenvalue weighted by Gasteiger charge is -2.34. The van der Waals surface area contributed by atoms with Crippen LogP contribution in [0, 0.1) is 0 Å². The molecule has 112 valence electrons. The van der Waals surface area contributed by atoms with Crippen LogP contribution in [0.4, 0.5) is 0 Å². The molecule has 1 aliphatic heterocycles. The predicted octanol–water partition coefficient (Wildman–Crippen LogP) is 3.01. The van der Waals surface area contributed by atoms with Gasteiger partial charge in [0, 0.05) is 19.0 Å². The molecule has 0 aromatic carbocycles. The molecule has 0 amide bonds. The van der Waals surface area contributed by atoms with Crippen LogP contribution >= 0.6 is 0 Å². The predicted molar refractivity (Wildman–Crippen MR) is 78.3 cm³/mol. The van der Waals surface area contributed by atoms with Gasteiger partial charge in [-0.25, -0.2) is 0 Å². The molecule has 2 fully saturated rings. The molecule has 2 rings (SSSR count). The van der Waals surface area contributed by atoms with Gasteiger partial charge in [0.15, 0.2) is 0 Å². The summed E-state index contributed by atoms with van der Waals surface area (Å²) in [5.41, 5.74) is -0.487. The average molecular weight is 269 g/mol. The fourth-order valence-corrected chi connectivity index (χ4v) is 3.59. The summed E-state index contributed by atoms with van der Waals surface area (Å²) in [5, 5.41) is 13.8. The van der Waals surface area contributed by atoms with Gasteiger partial charge in [-0.3, -0.25) is 0 Å². The van der Waals surface area contributed by atoms with Gasteiger partial charge in [-0.2, -0.15) is 0 Å². The first-order valence-corrected chi connectivity index (χ1v) is 8.04. The van der Waals surface area contributed by atoms with Crippen molar-refractivity contribution in [1.29, 1.82) is 0 Å². The summed E-state index contributed by atoms with van der Waals surface area (Å²) in [6, 6.07) is 0.417. The maximum Gasteiger partial charge on any atom is 0.0768 e. The summed E-state index contributed by atoms with van der Waals surface area (Å²) in [4.78, 5) is 0. The van der Waals surface area contributed by atoms with Gasteiger partial charge in [0.1, 0.15) is 0 Å². The van der Waals surface area contributed by atoms with Crippen molar-refractivity contribution in [3.8, 4) is 0 Å². The monoisotopic (exact) mass is 269 g/mol. The first-order valence-electron chi connectivity index (χ1n) is 8.04. The van der Waals surface area contributed by atoms with E-state index in [2.05, 4.69) is 19.2 Å². The molecule has 2 atom stereocenters. The van der Waals surface area contributed by atoms with E-state index >= 15 is 0 Å². The molecule has 1 saturated heterocycles. The van der Waals surface area contributed by atoms with Crippen LogP contribution in [0.1, 0.15) is 72.1 Å². The van der Waals surface area contributed by atoms with Crippen LogP contribution in [-0.4, -0.2) is 35.0 Å². The molecule has 3 heteroatoms. The summed E-state index contributed by atoms with van der Waals surface area (Å²) < 4.78 is 6.34. The van der Waals surface area contributed by atoms with Crippen LogP contribution in [-0.2, 0) is 4.74 Å².